The fraction of sp³-hybridized carbons (Fsp3) is 0.136. The lowest BCUT2D eigenvalue weighted by molar-refractivity contribution is -0.0494. The van der Waals surface area contributed by atoms with Crippen molar-refractivity contribution in [2.75, 3.05) is 12.4 Å². The fourth-order valence-electron chi connectivity index (χ4n) is 2.89. The molecule has 170 valence electrons. The van der Waals surface area contributed by atoms with Crippen molar-refractivity contribution in [1.82, 2.24) is 9.97 Å². The van der Waals surface area contributed by atoms with Crippen LogP contribution in [0.25, 0.3) is 11.3 Å². The van der Waals surface area contributed by atoms with E-state index in [2.05, 4.69) is 20.0 Å². The van der Waals surface area contributed by atoms with E-state index in [4.69, 9.17) is 9.47 Å². The molecule has 0 fully saturated rings. The molecule has 0 bridgehead atoms. The summed E-state index contributed by atoms with van der Waals surface area (Å²) in [7, 11) is 1.48. The van der Waals surface area contributed by atoms with Crippen molar-refractivity contribution in [1.29, 1.82) is 0 Å². The molecule has 33 heavy (non-hydrogen) atoms. The molecule has 0 spiro atoms. The zero-order chi connectivity index (χ0) is 23.2. The first-order valence-corrected chi connectivity index (χ1v) is 11.3. The van der Waals surface area contributed by atoms with Crippen LogP contribution in [0, 0.1) is 0 Å². The minimum absolute atomic E-state index is 0.00801. The molecule has 1 N–H and O–H groups in total. The van der Waals surface area contributed by atoms with Gasteiger partial charge in [0.2, 0.25) is 0 Å². The van der Waals surface area contributed by atoms with Crippen molar-refractivity contribution in [3.63, 3.8) is 0 Å². The molecule has 0 aliphatic carbocycles. The number of halogens is 2. The maximum absolute atomic E-state index is 12.7. The minimum Gasteiger partial charge on any atom is -0.493 e. The predicted octanol–water partition coefficient (Wildman–Crippen LogP) is 5.71. The molecule has 0 saturated carbocycles. The maximum atomic E-state index is 12.7. The predicted molar refractivity (Wildman–Crippen MR) is 122 cm³/mol. The summed E-state index contributed by atoms with van der Waals surface area (Å²) >= 11 is 2.64. The van der Waals surface area contributed by atoms with Gasteiger partial charge in [0.25, 0.3) is 5.91 Å². The number of thiazole rings is 2. The highest BCUT2D eigenvalue weighted by Gasteiger charge is 2.16. The largest absolute Gasteiger partial charge is 0.493 e. The van der Waals surface area contributed by atoms with E-state index < -0.39 is 12.5 Å². The lowest BCUT2D eigenvalue weighted by Gasteiger charge is -2.11. The molecule has 11 heteroatoms. The molecule has 0 unspecified atom stereocenters. The van der Waals surface area contributed by atoms with Crippen molar-refractivity contribution in [3.05, 3.63) is 70.0 Å². The van der Waals surface area contributed by atoms with Gasteiger partial charge in [-0.25, -0.2) is 9.97 Å². The summed E-state index contributed by atoms with van der Waals surface area (Å²) < 4.78 is 41.0. The van der Waals surface area contributed by atoms with Crippen LogP contribution in [0.15, 0.2) is 58.7 Å². The number of hydrogen-bond acceptors (Lipinski definition) is 8. The van der Waals surface area contributed by atoms with Crippen LogP contribution in [0.3, 0.4) is 0 Å². The van der Waals surface area contributed by atoms with Gasteiger partial charge >= 0.3 is 6.61 Å². The average molecular weight is 490 g/mol. The van der Waals surface area contributed by atoms with Crippen LogP contribution in [0.4, 0.5) is 13.9 Å². The number of carbonyl (C=O) groups excluding carboxylic acids is 1. The first kappa shape index (κ1) is 22.6. The third kappa shape index (κ3) is 5.62. The van der Waals surface area contributed by atoms with Gasteiger partial charge in [-0.2, -0.15) is 8.78 Å². The number of rotatable bonds is 9. The van der Waals surface area contributed by atoms with E-state index in [1.54, 1.807) is 47.3 Å². The van der Waals surface area contributed by atoms with Gasteiger partial charge < -0.3 is 14.2 Å². The maximum Gasteiger partial charge on any atom is 0.387 e. The summed E-state index contributed by atoms with van der Waals surface area (Å²) in [5.74, 6) is 0.482. The zero-order valence-electron chi connectivity index (χ0n) is 17.2. The van der Waals surface area contributed by atoms with Crippen molar-refractivity contribution in [2.24, 2.45) is 0 Å². The molecule has 0 atom stereocenters. The van der Waals surface area contributed by atoms with E-state index in [9.17, 15) is 13.6 Å². The van der Waals surface area contributed by atoms with E-state index in [1.165, 1.54) is 35.8 Å². The quantitative estimate of drug-likeness (QED) is 0.324. The Kier molecular flexibility index (Phi) is 7.10. The fourth-order valence-corrected chi connectivity index (χ4v) is 4.14. The average Bonchev–Trinajstić information content (AvgIpc) is 3.50. The van der Waals surface area contributed by atoms with E-state index in [1.807, 2.05) is 5.38 Å². The van der Waals surface area contributed by atoms with Gasteiger partial charge in [0.1, 0.15) is 12.4 Å². The smallest absolute Gasteiger partial charge is 0.387 e. The number of hydrogen-bond donors (Lipinski definition) is 1. The van der Waals surface area contributed by atoms with Gasteiger partial charge in [0.15, 0.2) is 16.6 Å². The van der Waals surface area contributed by atoms with E-state index >= 15 is 0 Å². The number of nitrogens with one attached hydrogen (secondary N) is 1. The number of methoxy groups -OCH3 is 1. The topological polar surface area (TPSA) is 82.6 Å². The summed E-state index contributed by atoms with van der Waals surface area (Å²) in [5, 5.41) is 6.55. The molecule has 0 saturated heterocycles. The van der Waals surface area contributed by atoms with Gasteiger partial charge in [-0.3, -0.25) is 10.1 Å². The highest BCUT2D eigenvalue weighted by molar-refractivity contribution is 7.14. The summed E-state index contributed by atoms with van der Waals surface area (Å²) in [6, 6.07) is 11.1. The van der Waals surface area contributed by atoms with Crippen LogP contribution in [0.2, 0.25) is 0 Å². The van der Waals surface area contributed by atoms with Crippen LogP contribution in [0.1, 0.15) is 16.1 Å². The van der Waals surface area contributed by atoms with Crippen molar-refractivity contribution < 1.29 is 27.8 Å². The number of alkyl halides is 2. The van der Waals surface area contributed by atoms with Gasteiger partial charge in [-0.05, 0) is 30.3 Å². The highest BCUT2D eigenvalue weighted by Crippen LogP contribution is 2.33. The van der Waals surface area contributed by atoms with Crippen molar-refractivity contribution in [2.45, 2.75) is 13.2 Å². The summed E-state index contributed by atoms with van der Waals surface area (Å²) in [6.45, 7) is -2.67. The molecule has 0 aliphatic rings. The molecular weight excluding hydrogens is 472 g/mol. The number of para-hydroxylation sites is 1. The van der Waals surface area contributed by atoms with Gasteiger partial charge in [0, 0.05) is 21.9 Å². The molecule has 0 aliphatic heterocycles. The summed E-state index contributed by atoms with van der Waals surface area (Å²) in [4.78, 5) is 21.2. The molecule has 2 heterocycles. The van der Waals surface area contributed by atoms with Gasteiger partial charge in [-0.1, -0.05) is 12.1 Å². The lowest BCUT2D eigenvalue weighted by Crippen LogP contribution is -2.12. The monoisotopic (exact) mass is 489 g/mol. The van der Waals surface area contributed by atoms with E-state index in [0.29, 0.717) is 33.5 Å². The second-order valence-electron chi connectivity index (χ2n) is 6.50. The van der Waals surface area contributed by atoms with Gasteiger partial charge in [0.05, 0.1) is 24.0 Å². The standard InChI is InChI=1S/C22H17F2N3O4S2/c1-29-19-8-13(6-7-18(19)30-9-14-10-32-12-25-14)20(28)27-22-26-16(11-33-22)15-4-2-3-5-17(15)31-21(23)24/h2-8,10-12,21H,9H2,1H3,(H,26,27,28). The summed E-state index contributed by atoms with van der Waals surface area (Å²) in [6.07, 6.45) is 0. The number of benzene rings is 2. The van der Waals surface area contributed by atoms with Crippen molar-refractivity contribution in [3.8, 4) is 28.5 Å². The molecule has 1 amide bonds. The molecular formula is C22H17F2N3O4S2. The molecule has 4 rings (SSSR count). The van der Waals surface area contributed by atoms with Crippen LogP contribution in [0.5, 0.6) is 17.2 Å². The van der Waals surface area contributed by atoms with Gasteiger partial charge in [-0.15, -0.1) is 22.7 Å². The van der Waals surface area contributed by atoms with Crippen LogP contribution < -0.4 is 19.5 Å². The second-order valence-corrected chi connectivity index (χ2v) is 8.08. The molecule has 0 radical (unpaired) electrons. The Balaban J connectivity index is 1.46. The second kappa shape index (κ2) is 10.4. The Morgan fingerprint density at radius 1 is 1.12 bits per heavy atom. The van der Waals surface area contributed by atoms with Crippen LogP contribution >= 0.6 is 22.7 Å². The lowest BCUT2D eigenvalue weighted by atomic mass is 10.1. The number of nitrogens with zero attached hydrogens (tertiary/aromatic N) is 2. The number of ether oxygens (including phenoxy) is 3. The molecule has 2 aromatic heterocycles. The Morgan fingerprint density at radius 2 is 1.97 bits per heavy atom. The Bertz CT molecular complexity index is 1230. The summed E-state index contributed by atoms with van der Waals surface area (Å²) in [5.41, 5.74) is 3.67. The van der Waals surface area contributed by atoms with Crippen LogP contribution in [-0.4, -0.2) is 29.6 Å². The Hall–Kier alpha value is -3.57. The Labute approximate surface area is 195 Å². The minimum atomic E-state index is -2.95. The normalized spacial score (nSPS) is 10.8. The third-order valence-electron chi connectivity index (χ3n) is 4.39. The zero-order valence-corrected chi connectivity index (χ0v) is 18.8. The SMILES string of the molecule is COc1cc(C(=O)Nc2nc(-c3ccccc3OC(F)F)cs2)ccc1OCc1cscn1. The van der Waals surface area contributed by atoms with E-state index in [-0.39, 0.29) is 12.4 Å². The number of anilines is 1. The van der Waals surface area contributed by atoms with Crippen molar-refractivity contribution >= 4 is 33.7 Å². The molecule has 2 aromatic carbocycles. The number of aromatic nitrogens is 2. The van der Waals surface area contributed by atoms with E-state index in [0.717, 1.165) is 5.69 Å². The first-order valence-electron chi connectivity index (χ1n) is 9.52. The first-order chi connectivity index (χ1) is 16.0. The third-order valence-corrected chi connectivity index (χ3v) is 5.78. The molecule has 4 aromatic rings. The highest BCUT2D eigenvalue weighted by atomic mass is 32.1. The Morgan fingerprint density at radius 3 is 2.73 bits per heavy atom. The number of carbonyl (C=O) groups is 1. The molecule has 7 nitrogen and oxygen atoms in total. The van der Waals surface area contributed by atoms with Crippen LogP contribution in [-0.2, 0) is 6.61 Å². The number of amides is 1.